The molecule has 0 saturated heterocycles. The van der Waals surface area contributed by atoms with Gasteiger partial charge in [-0.25, -0.2) is 14.6 Å². The molecule has 0 fully saturated rings. The Bertz CT molecular complexity index is 609. The Morgan fingerprint density at radius 3 is 2.38 bits per heavy atom. The molecule has 1 aromatic rings. The zero-order valence-corrected chi connectivity index (χ0v) is 17.2. The molecule has 2 atom stereocenters. The highest BCUT2D eigenvalue weighted by atomic mass is 32.1. The highest BCUT2D eigenvalue weighted by molar-refractivity contribution is 7.09. The van der Waals surface area contributed by atoms with Gasteiger partial charge in [-0.2, -0.15) is 0 Å². The third-order valence-corrected chi connectivity index (χ3v) is 4.70. The van der Waals surface area contributed by atoms with E-state index in [1.54, 1.807) is 4.90 Å². The number of carboxylic acid groups (broad SMARTS) is 1. The fraction of sp³-hybridized carbons (Fsp3) is 0.722. The van der Waals surface area contributed by atoms with E-state index in [4.69, 9.17) is 9.84 Å². The maximum absolute atomic E-state index is 12.6. The standard InChI is InChI=1S/C18H30N2O5S/c1-7-8-20(17(24)25-18(4,5)6)13(11(2)3)9-14(21)15-19-12(10-26-15)16(22)23/h10-11,13-14,21H,7-9H2,1-6H3,(H,22,23)/t13?,14-/m0/s1. The average Bonchev–Trinajstić information content (AvgIpc) is 2.98. The van der Waals surface area contributed by atoms with E-state index in [0.717, 1.165) is 17.8 Å². The molecule has 0 bridgehead atoms. The van der Waals surface area contributed by atoms with Gasteiger partial charge in [0.25, 0.3) is 0 Å². The van der Waals surface area contributed by atoms with Crippen molar-refractivity contribution in [2.75, 3.05) is 6.54 Å². The number of nitrogens with zero attached hydrogens (tertiary/aromatic N) is 2. The van der Waals surface area contributed by atoms with Crippen molar-refractivity contribution in [3.8, 4) is 0 Å². The zero-order valence-electron chi connectivity index (χ0n) is 16.4. The number of rotatable bonds is 8. The molecule has 0 aromatic carbocycles. The number of aromatic nitrogens is 1. The van der Waals surface area contributed by atoms with Gasteiger partial charge in [-0.05, 0) is 33.1 Å². The number of ether oxygens (including phenoxy) is 1. The van der Waals surface area contributed by atoms with Crippen LogP contribution in [0.5, 0.6) is 0 Å². The van der Waals surface area contributed by atoms with Crippen LogP contribution in [0.3, 0.4) is 0 Å². The molecule has 1 aromatic heterocycles. The number of carbonyl (C=O) groups is 2. The van der Waals surface area contributed by atoms with Gasteiger partial charge in [0.05, 0.1) is 0 Å². The van der Waals surface area contributed by atoms with Crippen molar-refractivity contribution in [2.45, 2.75) is 72.1 Å². The van der Waals surface area contributed by atoms with Gasteiger partial charge in [0, 0.05) is 24.4 Å². The van der Waals surface area contributed by atoms with Crippen molar-refractivity contribution in [2.24, 2.45) is 5.92 Å². The first-order chi connectivity index (χ1) is 12.0. The summed E-state index contributed by atoms with van der Waals surface area (Å²) in [6.07, 6.45) is -0.319. The Kier molecular flexibility index (Phi) is 8.02. The van der Waals surface area contributed by atoms with E-state index in [1.165, 1.54) is 5.38 Å². The summed E-state index contributed by atoms with van der Waals surface area (Å²) in [4.78, 5) is 29.2. The largest absolute Gasteiger partial charge is 0.476 e. The minimum atomic E-state index is -1.12. The molecule has 0 aliphatic heterocycles. The van der Waals surface area contributed by atoms with Crippen molar-refractivity contribution in [1.82, 2.24) is 9.88 Å². The first-order valence-corrected chi connectivity index (χ1v) is 9.70. The minimum Gasteiger partial charge on any atom is -0.476 e. The average molecular weight is 387 g/mol. The number of carbonyl (C=O) groups excluding carboxylic acids is 1. The van der Waals surface area contributed by atoms with Crippen molar-refractivity contribution in [3.63, 3.8) is 0 Å². The Labute approximate surface area is 159 Å². The van der Waals surface area contributed by atoms with E-state index in [9.17, 15) is 14.7 Å². The number of amides is 1. The molecule has 2 N–H and O–H groups in total. The van der Waals surface area contributed by atoms with Crippen LogP contribution in [0, 0.1) is 5.92 Å². The second kappa shape index (κ2) is 9.32. The minimum absolute atomic E-state index is 0.0808. The van der Waals surface area contributed by atoms with Gasteiger partial charge in [0.1, 0.15) is 16.7 Å². The molecule has 7 nitrogen and oxygen atoms in total. The first-order valence-electron chi connectivity index (χ1n) is 8.82. The lowest BCUT2D eigenvalue weighted by Gasteiger charge is -2.36. The van der Waals surface area contributed by atoms with Gasteiger partial charge in [0.15, 0.2) is 5.69 Å². The summed E-state index contributed by atoms with van der Waals surface area (Å²) in [7, 11) is 0. The third-order valence-electron chi connectivity index (χ3n) is 3.75. The highest BCUT2D eigenvalue weighted by Crippen LogP contribution is 2.28. The summed E-state index contributed by atoms with van der Waals surface area (Å²) in [5.74, 6) is -1.04. The topological polar surface area (TPSA) is 100.0 Å². The molecule has 0 aliphatic rings. The number of hydrogen-bond donors (Lipinski definition) is 2. The summed E-state index contributed by atoms with van der Waals surface area (Å²) in [5, 5.41) is 21.3. The Morgan fingerprint density at radius 1 is 1.35 bits per heavy atom. The van der Waals surface area contributed by atoms with Crippen molar-refractivity contribution in [3.05, 3.63) is 16.1 Å². The predicted molar refractivity (Wildman–Crippen MR) is 101 cm³/mol. The van der Waals surface area contributed by atoms with E-state index < -0.39 is 23.8 Å². The van der Waals surface area contributed by atoms with E-state index in [1.807, 2.05) is 41.5 Å². The quantitative estimate of drug-likeness (QED) is 0.702. The lowest BCUT2D eigenvalue weighted by atomic mass is 9.96. The monoisotopic (exact) mass is 386 g/mol. The summed E-state index contributed by atoms with van der Waals surface area (Å²) in [5.41, 5.74) is -0.683. The van der Waals surface area contributed by atoms with Crippen molar-refractivity contribution >= 4 is 23.4 Å². The lowest BCUT2D eigenvalue weighted by Crippen LogP contribution is -2.46. The third kappa shape index (κ3) is 6.57. The molecule has 1 heterocycles. The van der Waals surface area contributed by atoms with Crippen LogP contribution in [-0.2, 0) is 4.74 Å². The SMILES string of the molecule is CCCN(C(=O)OC(C)(C)C)C(C[C@H](O)c1nc(C(=O)O)cs1)C(C)C. The molecule has 1 amide bonds. The summed E-state index contributed by atoms with van der Waals surface area (Å²) in [6.45, 7) is 11.9. The van der Waals surface area contributed by atoms with E-state index in [0.29, 0.717) is 11.6 Å². The van der Waals surface area contributed by atoms with Crippen LogP contribution in [0.2, 0.25) is 0 Å². The molecule has 1 rings (SSSR count). The molecule has 0 aliphatic carbocycles. The maximum atomic E-state index is 12.6. The second-order valence-electron chi connectivity index (χ2n) is 7.61. The van der Waals surface area contributed by atoms with Crippen LogP contribution < -0.4 is 0 Å². The number of carboxylic acids is 1. The van der Waals surface area contributed by atoms with E-state index in [-0.39, 0.29) is 24.1 Å². The van der Waals surface area contributed by atoms with Gasteiger partial charge in [-0.15, -0.1) is 11.3 Å². The molecular formula is C18H30N2O5S. The van der Waals surface area contributed by atoms with Crippen molar-refractivity contribution < 1.29 is 24.5 Å². The predicted octanol–water partition coefficient (Wildman–Crippen LogP) is 3.94. The van der Waals surface area contributed by atoms with Gasteiger partial charge in [-0.3, -0.25) is 0 Å². The number of aromatic carboxylic acids is 1. The zero-order chi connectivity index (χ0) is 20.1. The smallest absolute Gasteiger partial charge is 0.410 e. The number of hydrogen-bond acceptors (Lipinski definition) is 6. The van der Waals surface area contributed by atoms with Crippen LogP contribution in [0.1, 0.15) is 76.0 Å². The Balaban J connectivity index is 2.98. The van der Waals surface area contributed by atoms with Crippen LogP contribution in [0.15, 0.2) is 5.38 Å². The van der Waals surface area contributed by atoms with Crippen molar-refractivity contribution in [1.29, 1.82) is 0 Å². The molecule has 8 heteroatoms. The lowest BCUT2D eigenvalue weighted by molar-refractivity contribution is 0.00305. The second-order valence-corrected chi connectivity index (χ2v) is 8.50. The van der Waals surface area contributed by atoms with Gasteiger partial charge in [0.2, 0.25) is 0 Å². The molecule has 0 radical (unpaired) electrons. The molecular weight excluding hydrogens is 356 g/mol. The van der Waals surface area contributed by atoms with Gasteiger partial charge >= 0.3 is 12.1 Å². The highest BCUT2D eigenvalue weighted by Gasteiger charge is 2.32. The molecule has 0 saturated carbocycles. The Morgan fingerprint density at radius 2 is 1.96 bits per heavy atom. The normalized spacial score (nSPS) is 14.2. The number of aliphatic hydroxyl groups excluding tert-OH is 1. The Hall–Kier alpha value is -1.67. The van der Waals surface area contributed by atoms with Crippen LogP contribution in [0.4, 0.5) is 4.79 Å². The summed E-state index contributed by atoms with van der Waals surface area (Å²) >= 11 is 1.11. The number of thiazole rings is 1. The molecule has 148 valence electrons. The van der Waals surface area contributed by atoms with Gasteiger partial charge < -0.3 is 19.8 Å². The van der Waals surface area contributed by atoms with E-state index in [2.05, 4.69) is 4.98 Å². The summed E-state index contributed by atoms with van der Waals surface area (Å²) in [6, 6.07) is -0.253. The maximum Gasteiger partial charge on any atom is 0.410 e. The van der Waals surface area contributed by atoms with Crippen LogP contribution in [-0.4, -0.2) is 50.3 Å². The summed E-state index contributed by atoms with van der Waals surface area (Å²) < 4.78 is 5.52. The first kappa shape index (κ1) is 22.4. The van der Waals surface area contributed by atoms with Gasteiger partial charge in [-0.1, -0.05) is 20.8 Å². The fourth-order valence-electron chi connectivity index (χ4n) is 2.58. The number of aliphatic hydroxyl groups is 1. The molecule has 1 unspecified atom stereocenters. The van der Waals surface area contributed by atoms with E-state index >= 15 is 0 Å². The fourth-order valence-corrected chi connectivity index (χ4v) is 3.37. The van der Waals surface area contributed by atoms with Crippen LogP contribution >= 0.6 is 11.3 Å². The molecule has 26 heavy (non-hydrogen) atoms. The molecule has 0 spiro atoms. The van der Waals surface area contributed by atoms with Crippen LogP contribution in [0.25, 0.3) is 0 Å².